The number of benzene rings is 1. The van der Waals surface area contributed by atoms with Crippen molar-refractivity contribution in [1.29, 1.82) is 0 Å². The number of halogens is 3. The van der Waals surface area contributed by atoms with Gasteiger partial charge >= 0.3 is 0 Å². The zero-order chi connectivity index (χ0) is 26.7. The molecular weight excluding hydrogens is 506 g/mol. The van der Waals surface area contributed by atoms with Crippen molar-refractivity contribution in [2.75, 3.05) is 5.32 Å². The van der Waals surface area contributed by atoms with E-state index in [1.165, 1.54) is 18.5 Å². The SMILES string of the molecule is CCc1nocc1C(=O)NC(C(=O)Nc1ccc(-c2c(Cl)cc[n+]([O-])c2C)cc1)C1CCCC(F)(F)C1. The Morgan fingerprint density at radius 2 is 2.03 bits per heavy atom. The molecule has 1 aliphatic rings. The molecule has 1 aromatic carbocycles. The number of aryl methyl sites for hydroxylation is 1. The molecule has 0 saturated heterocycles. The third-order valence-corrected chi connectivity index (χ3v) is 6.99. The minimum Gasteiger partial charge on any atom is -0.618 e. The molecule has 2 atom stereocenters. The summed E-state index contributed by atoms with van der Waals surface area (Å²) in [6.45, 7) is 3.45. The molecular formula is C26H27ClF2N4O4. The van der Waals surface area contributed by atoms with E-state index in [2.05, 4.69) is 15.8 Å². The molecule has 2 N–H and O–H groups in total. The summed E-state index contributed by atoms with van der Waals surface area (Å²) in [5.74, 6) is -4.88. The normalized spacial score (nSPS) is 17.7. The molecule has 0 spiro atoms. The molecule has 2 aromatic heterocycles. The first kappa shape index (κ1) is 26.5. The first-order chi connectivity index (χ1) is 17.6. The molecule has 1 aliphatic carbocycles. The number of carbonyl (C=O) groups is 2. The van der Waals surface area contributed by atoms with Gasteiger partial charge in [-0.25, -0.2) is 8.78 Å². The highest BCUT2D eigenvalue weighted by atomic mass is 35.5. The summed E-state index contributed by atoms with van der Waals surface area (Å²) in [4.78, 5) is 26.2. The molecule has 0 bridgehead atoms. The van der Waals surface area contributed by atoms with Gasteiger partial charge in [0.1, 0.15) is 17.9 Å². The van der Waals surface area contributed by atoms with Gasteiger partial charge in [-0.2, -0.15) is 4.73 Å². The lowest BCUT2D eigenvalue weighted by atomic mass is 9.81. The molecule has 0 radical (unpaired) electrons. The average molecular weight is 533 g/mol. The highest BCUT2D eigenvalue weighted by molar-refractivity contribution is 6.33. The molecule has 1 saturated carbocycles. The van der Waals surface area contributed by atoms with Crippen LogP contribution in [0.2, 0.25) is 5.02 Å². The van der Waals surface area contributed by atoms with Gasteiger partial charge in [0.15, 0.2) is 11.9 Å². The van der Waals surface area contributed by atoms with Gasteiger partial charge in [0.2, 0.25) is 11.8 Å². The average Bonchev–Trinajstić information content (AvgIpc) is 3.34. The summed E-state index contributed by atoms with van der Waals surface area (Å²) >= 11 is 6.29. The minimum absolute atomic E-state index is 0.165. The van der Waals surface area contributed by atoms with Gasteiger partial charge in [0.05, 0.1) is 16.3 Å². The summed E-state index contributed by atoms with van der Waals surface area (Å²) in [6.07, 6.45) is 2.80. The lowest BCUT2D eigenvalue weighted by Gasteiger charge is -2.34. The van der Waals surface area contributed by atoms with Crippen molar-refractivity contribution < 1.29 is 27.6 Å². The monoisotopic (exact) mass is 532 g/mol. The third kappa shape index (κ3) is 5.90. The van der Waals surface area contributed by atoms with Gasteiger partial charge in [-0.15, -0.1) is 0 Å². The van der Waals surface area contributed by atoms with Gasteiger partial charge in [0, 0.05) is 31.5 Å². The van der Waals surface area contributed by atoms with E-state index in [9.17, 15) is 23.6 Å². The first-order valence-corrected chi connectivity index (χ1v) is 12.4. The lowest BCUT2D eigenvalue weighted by Crippen LogP contribution is -2.51. The van der Waals surface area contributed by atoms with Crippen LogP contribution in [0.3, 0.4) is 0 Å². The van der Waals surface area contributed by atoms with Crippen LogP contribution in [-0.4, -0.2) is 28.9 Å². The van der Waals surface area contributed by atoms with Crippen molar-refractivity contribution in [1.82, 2.24) is 10.5 Å². The van der Waals surface area contributed by atoms with Crippen molar-refractivity contribution >= 4 is 29.1 Å². The standard InChI is InChI=1S/C26H27ClF2N4O4/c1-3-21-19(14-37-32-21)24(34)31-23(17-5-4-11-26(28,29)13-17)25(35)30-18-8-6-16(7-9-18)22-15(2)33(36)12-10-20(22)27/h6-10,12,14,17,23H,3-5,11,13H2,1-2H3,(H,30,35)(H,31,34). The third-order valence-electron chi connectivity index (χ3n) is 6.67. The number of carbonyl (C=O) groups excluding carboxylic acids is 2. The van der Waals surface area contributed by atoms with Gasteiger partial charge < -0.3 is 20.4 Å². The molecule has 11 heteroatoms. The minimum atomic E-state index is -2.91. The zero-order valence-corrected chi connectivity index (χ0v) is 21.1. The Hall–Kier alpha value is -3.53. The van der Waals surface area contributed by atoms with E-state index in [4.69, 9.17) is 16.1 Å². The summed E-state index contributed by atoms with van der Waals surface area (Å²) in [6, 6.07) is 6.93. The number of nitrogens with zero attached hydrogens (tertiary/aromatic N) is 2. The number of hydrogen-bond acceptors (Lipinski definition) is 5. The highest BCUT2D eigenvalue weighted by Crippen LogP contribution is 2.38. The van der Waals surface area contributed by atoms with Crippen LogP contribution in [0.4, 0.5) is 14.5 Å². The molecule has 4 rings (SSSR count). The number of anilines is 1. The Morgan fingerprint density at radius 3 is 2.70 bits per heavy atom. The fourth-order valence-corrected chi connectivity index (χ4v) is 5.01. The van der Waals surface area contributed by atoms with Gasteiger partial charge in [-0.05, 0) is 42.9 Å². The van der Waals surface area contributed by atoms with Crippen LogP contribution in [-0.2, 0) is 11.2 Å². The smallest absolute Gasteiger partial charge is 0.257 e. The Bertz CT molecular complexity index is 1300. The Balaban J connectivity index is 1.56. The number of hydrogen-bond donors (Lipinski definition) is 2. The number of nitrogens with one attached hydrogen (secondary N) is 2. The number of aromatic nitrogens is 2. The van der Waals surface area contributed by atoms with Crippen molar-refractivity contribution in [3.8, 4) is 11.1 Å². The maximum Gasteiger partial charge on any atom is 0.257 e. The van der Waals surface area contributed by atoms with E-state index in [0.717, 1.165) is 0 Å². The number of amides is 2. The zero-order valence-electron chi connectivity index (χ0n) is 20.4. The molecule has 37 heavy (non-hydrogen) atoms. The van der Waals surface area contributed by atoms with E-state index in [-0.39, 0.29) is 18.4 Å². The number of pyridine rings is 1. The second-order valence-electron chi connectivity index (χ2n) is 9.21. The maximum absolute atomic E-state index is 14.2. The molecule has 8 nitrogen and oxygen atoms in total. The molecule has 1 fully saturated rings. The topological polar surface area (TPSA) is 111 Å². The van der Waals surface area contributed by atoms with Crippen molar-refractivity contribution in [3.63, 3.8) is 0 Å². The molecule has 2 amide bonds. The Labute approximate surface area is 217 Å². The van der Waals surface area contributed by atoms with E-state index in [0.29, 0.717) is 50.8 Å². The largest absolute Gasteiger partial charge is 0.618 e. The first-order valence-electron chi connectivity index (χ1n) is 12.0. The number of alkyl halides is 2. The number of rotatable bonds is 7. The summed E-state index contributed by atoms with van der Waals surface area (Å²) < 4.78 is 34.1. The van der Waals surface area contributed by atoms with Gasteiger partial charge in [-0.1, -0.05) is 35.8 Å². The van der Waals surface area contributed by atoms with Crippen molar-refractivity contribution in [2.24, 2.45) is 5.92 Å². The van der Waals surface area contributed by atoms with E-state index in [1.807, 2.05) is 0 Å². The summed E-state index contributed by atoms with van der Waals surface area (Å²) in [7, 11) is 0. The lowest BCUT2D eigenvalue weighted by molar-refractivity contribution is -0.611. The van der Waals surface area contributed by atoms with Gasteiger partial charge in [-0.3, -0.25) is 9.59 Å². The van der Waals surface area contributed by atoms with Crippen molar-refractivity contribution in [2.45, 2.75) is 57.9 Å². The molecule has 2 unspecified atom stereocenters. The van der Waals surface area contributed by atoms with Crippen LogP contribution in [0, 0.1) is 18.0 Å². The van der Waals surface area contributed by atoms with Crippen LogP contribution < -0.4 is 15.4 Å². The maximum atomic E-state index is 14.2. The Morgan fingerprint density at radius 1 is 1.30 bits per heavy atom. The van der Waals surface area contributed by atoms with E-state index >= 15 is 0 Å². The predicted molar refractivity (Wildman–Crippen MR) is 133 cm³/mol. The van der Waals surface area contributed by atoms with Crippen LogP contribution in [0.25, 0.3) is 11.1 Å². The fourth-order valence-electron chi connectivity index (χ4n) is 4.71. The summed E-state index contributed by atoms with van der Waals surface area (Å²) in [5.41, 5.74) is 2.63. The van der Waals surface area contributed by atoms with E-state index < -0.39 is 36.1 Å². The highest BCUT2D eigenvalue weighted by Gasteiger charge is 2.42. The quantitative estimate of drug-likeness (QED) is 0.326. The second kappa shape index (κ2) is 10.8. The Kier molecular flexibility index (Phi) is 7.77. The molecule has 0 aliphatic heterocycles. The van der Waals surface area contributed by atoms with Crippen LogP contribution in [0.5, 0.6) is 0 Å². The van der Waals surface area contributed by atoms with Crippen LogP contribution in [0.1, 0.15) is 54.4 Å². The van der Waals surface area contributed by atoms with E-state index in [1.54, 1.807) is 38.1 Å². The summed E-state index contributed by atoms with van der Waals surface area (Å²) in [5, 5.41) is 21.5. The van der Waals surface area contributed by atoms with Gasteiger partial charge in [0.25, 0.3) is 5.91 Å². The van der Waals surface area contributed by atoms with Crippen LogP contribution >= 0.6 is 11.6 Å². The second-order valence-corrected chi connectivity index (χ2v) is 9.62. The molecule has 196 valence electrons. The molecule has 2 heterocycles. The molecule has 3 aromatic rings. The van der Waals surface area contributed by atoms with Crippen LogP contribution in [0.15, 0.2) is 47.3 Å². The fraction of sp³-hybridized carbons (Fsp3) is 0.385. The van der Waals surface area contributed by atoms with Crippen molar-refractivity contribution in [3.05, 3.63) is 70.0 Å². The predicted octanol–water partition coefficient (Wildman–Crippen LogP) is 5.06.